The fourth-order valence-electron chi connectivity index (χ4n) is 2.53. The summed E-state index contributed by atoms with van der Waals surface area (Å²) in [6.07, 6.45) is 0. The van der Waals surface area contributed by atoms with Gasteiger partial charge in [0, 0.05) is 13.1 Å². The van der Waals surface area contributed by atoms with E-state index in [1.807, 2.05) is 59.5 Å². The lowest BCUT2D eigenvalue weighted by Crippen LogP contribution is -2.42. The normalized spacial score (nSPS) is 18.3. The van der Waals surface area contributed by atoms with Crippen LogP contribution >= 0.6 is 0 Å². The average Bonchev–Trinajstić information content (AvgIpc) is 2.46. The smallest absolute Gasteiger partial charge is 0.244 e. The number of hydrogen-bond acceptors (Lipinski definition) is 2. The first-order chi connectivity index (χ1) is 9.25. The Morgan fingerprint density at radius 3 is 2.53 bits per heavy atom. The Morgan fingerprint density at radius 1 is 1.05 bits per heavy atom. The highest BCUT2D eigenvalue weighted by Gasteiger charge is 2.29. The van der Waals surface area contributed by atoms with E-state index in [0.29, 0.717) is 13.1 Å². The number of amides is 1. The van der Waals surface area contributed by atoms with Gasteiger partial charge in [-0.2, -0.15) is 0 Å². The number of carbonyl (C=O) groups excluding carboxylic acids is 1. The van der Waals surface area contributed by atoms with Crippen molar-refractivity contribution in [1.29, 1.82) is 0 Å². The van der Waals surface area contributed by atoms with E-state index in [1.165, 1.54) is 0 Å². The Bertz CT molecular complexity index is 595. The summed E-state index contributed by atoms with van der Waals surface area (Å²) in [5, 5.41) is 0. The maximum absolute atomic E-state index is 12.3. The second-order valence-corrected chi connectivity index (χ2v) is 4.86. The molecule has 1 aliphatic heterocycles. The van der Waals surface area contributed by atoms with Crippen LogP contribution in [0.3, 0.4) is 0 Å². The molecule has 96 valence electrons. The number of nitrogens with two attached hydrogens (primary N) is 1. The molecule has 3 heteroatoms. The predicted octanol–water partition coefficient (Wildman–Crippen LogP) is 2.23. The van der Waals surface area contributed by atoms with E-state index >= 15 is 0 Å². The minimum absolute atomic E-state index is 0.00236. The van der Waals surface area contributed by atoms with Crippen molar-refractivity contribution in [3.05, 3.63) is 71.3 Å². The number of carbonyl (C=O) groups is 1. The summed E-state index contributed by atoms with van der Waals surface area (Å²) in [6.45, 7) is 1.25. The zero-order chi connectivity index (χ0) is 13.2. The van der Waals surface area contributed by atoms with E-state index in [-0.39, 0.29) is 5.91 Å². The Morgan fingerprint density at radius 2 is 1.74 bits per heavy atom. The summed E-state index contributed by atoms with van der Waals surface area (Å²) in [5.41, 5.74) is 9.27. The van der Waals surface area contributed by atoms with E-state index in [1.54, 1.807) is 0 Å². The van der Waals surface area contributed by atoms with E-state index in [0.717, 1.165) is 16.7 Å². The molecule has 0 radical (unpaired) electrons. The van der Waals surface area contributed by atoms with E-state index < -0.39 is 6.04 Å². The SMILES string of the molecule is N[C@H]1C(=O)N(Cc2ccccc2)Cc2ccccc21. The van der Waals surface area contributed by atoms with Gasteiger partial charge in [0.25, 0.3) is 0 Å². The maximum atomic E-state index is 12.3. The molecule has 3 rings (SSSR count). The lowest BCUT2D eigenvalue weighted by Gasteiger charge is -2.32. The standard InChI is InChI=1S/C16H16N2O/c17-15-14-9-5-4-8-13(14)11-18(16(15)19)10-12-6-2-1-3-7-12/h1-9,15H,10-11,17H2/t15-/m1/s1. The first kappa shape index (κ1) is 11.9. The fourth-order valence-corrected chi connectivity index (χ4v) is 2.53. The van der Waals surface area contributed by atoms with Gasteiger partial charge in [-0.15, -0.1) is 0 Å². The summed E-state index contributed by atoms with van der Waals surface area (Å²) in [4.78, 5) is 14.1. The molecule has 0 saturated heterocycles. The third-order valence-corrected chi connectivity index (χ3v) is 3.55. The predicted molar refractivity (Wildman–Crippen MR) is 74.1 cm³/mol. The largest absolute Gasteiger partial charge is 0.332 e. The van der Waals surface area contributed by atoms with E-state index in [2.05, 4.69) is 0 Å². The highest BCUT2D eigenvalue weighted by molar-refractivity contribution is 5.85. The highest BCUT2D eigenvalue weighted by Crippen LogP contribution is 2.26. The summed E-state index contributed by atoms with van der Waals surface area (Å²) in [7, 11) is 0. The summed E-state index contributed by atoms with van der Waals surface area (Å²) in [6, 6.07) is 17.4. The lowest BCUT2D eigenvalue weighted by molar-refractivity contribution is -0.135. The third-order valence-electron chi connectivity index (χ3n) is 3.55. The lowest BCUT2D eigenvalue weighted by atomic mass is 9.95. The molecular weight excluding hydrogens is 236 g/mol. The van der Waals surface area contributed by atoms with Gasteiger partial charge in [0.15, 0.2) is 0 Å². The zero-order valence-electron chi connectivity index (χ0n) is 10.6. The monoisotopic (exact) mass is 252 g/mol. The molecule has 0 spiro atoms. The van der Waals surface area contributed by atoms with E-state index in [4.69, 9.17) is 5.73 Å². The number of rotatable bonds is 2. The maximum Gasteiger partial charge on any atom is 0.244 e. The molecule has 0 aromatic heterocycles. The van der Waals surface area contributed by atoms with Gasteiger partial charge in [-0.25, -0.2) is 0 Å². The molecule has 2 aromatic rings. The number of benzene rings is 2. The average molecular weight is 252 g/mol. The van der Waals surface area contributed by atoms with Crippen molar-refractivity contribution in [1.82, 2.24) is 4.90 Å². The van der Waals surface area contributed by atoms with Gasteiger partial charge in [0.2, 0.25) is 5.91 Å². The molecule has 1 amide bonds. The molecule has 19 heavy (non-hydrogen) atoms. The molecule has 0 bridgehead atoms. The fraction of sp³-hybridized carbons (Fsp3) is 0.188. The number of fused-ring (bicyclic) bond motifs is 1. The number of nitrogens with zero attached hydrogens (tertiary/aromatic N) is 1. The quantitative estimate of drug-likeness (QED) is 0.891. The van der Waals surface area contributed by atoms with Crippen molar-refractivity contribution in [3.63, 3.8) is 0 Å². The summed E-state index contributed by atoms with van der Waals surface area (Å²) in [5.74, 6) is 0.00236. The third kappa shape index (κ3) is 2.25. The van der Waals surface area contributed by atoms with Gasteiger partial charge < -0.3 is 10.6 Å². The van der Waals surface area contributed by atoms with Gasteiger partial charge in [0.05, 0.1) is 0 Å². The van der Waals surface area contributed by atoms with Gasteiger partial charge >= 0.3 is 0 Å². The van der Waals surface area contributed by atoms with Gasteiger partial charge in [-0.1, -0.05) is 54.6 Å². The van der Waals surface area contributed by atoms with Crippen molar-refractivity contribution in [2.75, 3.05) is 0 Å². The molecule has 2 aromatic carbocycles. The minimum Gasteiger partial charge on any atom is -0.332 e. The van der Waals surface area contributed by atoms with Crippen LogP contribution in [0, 0.1) is 0 Å². The molecule has 0 saturated carbocycles. The highest BCUT2D eigenvalue weighted by atomic mass is 16.2. The van der Waals surface area contributed by atoms with Crippen LogP contribution in [-0.4, -0.2) is 10.8 Å². The van der Waals surface area contributed by atoms with Crippen LogP contribution in [0.25, 0.3) is 0 Å². The Labute approximate surface area is 112 Å². The van der Waals surface area contributed by atoms with Crippen molar-refractivity contribution in [2.45, 2.75) is 19.1 Å². The molecule has 3 nitrogen and oxygen atoms in total. The van der Waals surface area contributed by atoms with Crippen molar-refractivity contribution in [3.8, 4) is 0 Å². The van der Waals surface area contributed by atoms with Crippen LogP contribution in [0.5, 0.6) is 0 Å². The van der Waals surface area contributed by atoms with Crippen LogP contribution in [0.15, 0.2) is 54.6 Å². The van der Waals surface area contributed by atoms with Crippen LogP contribution in [0.1, 0.15) is 22.7 Å². The molecule has 1 atom stereocenters. The molecular formula is C16H16N2O. The van der Waals surface area contributed by atoms with Crippen LogP contribution in [-0.2, 0) is 17.9 Å². The topological polar surface area (TPSA) is 46.3 Å². The molecule has 1 aliphatic rings. The first-order valence-electron chi connectivity index (χ1n) is 6.42. The van der Waals surface area contributed by atoms with Crippen molar-refractivity contribution in [2.24, 2.45) is 5.73 Å². The van der Waals surface area contributed by atoms with Crippen molar-refractivity contribution >= 4 is 5.91 Å². The van der Waals surface area contributed by atoms with Gasteiger partial charge in [-0.3, -0.25) is 4.79 Å². The van der Waals surface area contributed by atoms with Crippen molar-refractivity contribution < 1.29 is 4.79 Å². The molecule has 1 heterocycles. The van der Waals surface area contributed by atoms with Gasteiger partial charge in [-0.05, 0) is 16.7 Å². The Balaban J connectivity index is 1.87. The molecule has 0 fully saturated rings. The zero-order valence-corrected chi connectivity index (χ0v) is 10.6. The molecule has 0 unspecified atom stereocenters. The van der Waals surface area contributed by atoms with E-state index in [9.17, 15) is 4.79 Å². The minimum atomic E-state index is -0.534. The summed E-state index contributed by atoms with van der Waals surface area (Å²) < 4.78 is 0. The number of hydrogen-bond donors (Lipinski definition) is 1. The molecule has 0 aliphatic carbocycles. The van der Waals surface area contributed by atoms with Crippen LogP contribution in [0.2, 0.25) is 0 Å². The first-order valence-corrected chi connectivity index (χ1v) is 6.42. The van der Waals surface area contributed by atoms with Gasteiger partial charge in [0.1, 0.15) is 6.04 Å². The van der Waals surface area contributed by atoms with Crippen LogP contribution in [0.4, 0.5) is 0 Å². The second-order valence-electron chi connectivity index (χ2n) is 4.86. The Hall–Kier alpha value is -2.13. The van der Waals surface area contributed by atoms with Crippen LogP contribution < -0.4 is 5.73 Å². The second kappa shape index (κ2) is 4.86. The Kier molecular flexibility index (Phi) is 3.05. The summed E-state index contributed by atoms with van der Waals surface area (Å²) >= 11 is 0. The molecule has 2 N–H and O–H groups in total.